The predicted octanol–water partition coefficient (Wildman–Crippen LogP) is 2.05. The molecule has 1 saturated heterocycles. The number of aliphatic hydroxyl groups is 1. The molecule has 2 fully saturated rings. The maximum Gasteiger partial charge on any atom is 0.323 e. The third-order valence-electron chi connectivity index (χ3n) is 9.18. The Balaban J connectivity index is 1.53. The van der Waals surface area contributed by atoms with E-state index in [-0.39, 0.29) is 37.1 Å². The first-order chi connectivity index (χ1) is 21.8. The van der Waals surface area contributed by atoms with E-state index >= 15 is 0 Å². The number of amidine groups is 1. The van der Waals surface area contributed by atoms with Gasteiger partial charge in [0.25, 0.3) is 5.91 Å². The summed E-state index contributed by atoms with van der Waals surface area (Å²) >= 11 is 0. The third-order valence-corrected chi connectivity index (χ3v) is 9.18. The molecule has 0 spiro atoms. The van der Waals surface area contributed by atoms with E-state index in [2.05, 4.69) is 21.5 Å². The number of nitrogens with two attached hydrogens (primary N) is 1. The second kappa shape index (κ2) is 15.0. The summed E-state index contributed by atoms with van der Waals surface area (Å²) in [7, 11) is 0. The lowest BCUT2D eigenvalue weighted by molar-refractivity contribution is -0.162. The molecule has 0 aromatic heterocycles. The highest BCUT2D eigenvalue weighted by atomic mass is 16.6. The van der Waals surface area contributed by atoms with Gasteiger partial charge in [-0.3, -0.25) is 19.4 Å². The fourth-order valence-electron chi connectivity index (χ4n) is 6.34. The van der Waals surface area contributed by atoms with E-state index in [1.54, 1.807) is 40.7 Å². The Labute approximate surface area is 270 Å². The largest absolute Gasteiger partial charge is 0.463 e. The van der Waals surface area contributed by atoms with Gasteiger partial charge < -0.3 is 35.1 Å². The smallest absolute Gasteiger partial charge is 0.323 e. The van der Waals surface area contributed by atoms with E-state index in [4.69, 9.17) is 24.7 Å². The van der Waals surface area contributed by atoms with Gasteiger partial charge in [-0.2, -0.15) is 10.4 Å². The molecule has 0 radical (unpaired) electrons. The van der Waals surface area contributed by atoms with Crippen molar-refractivity contribution in [2.24, 2.45) is 27.7 Å². The first kappa shape index (κ1) is 35.5. The first-order valence-electron chi connectivity index (χ1n) is 16.3. The Morgan fingerprint density at radius 3 is 2.59 bits per heavy atom. The van der Waals surface area contributed by atoms with Gasteiger partial charge in [-0.1, -0.05) is 45.6 Å². The Kier molecular flexibility index (Phi) is 11.6. The average Bonchev–Trinajstić information content (AvgIpc) is 3.45. The minimum Gasteiger partial charge on any atom is -0.463 e. The maximum absolute atomic E-state index is 13.0. The molecule has 3 heterocycles. The van der Waals surface area contributed by atoms with Crippen molar-refractivity contribution in [1.29, 1.82) is 5.26 Å². The number of rotatable bonds is 11. The van der Waals surface area contributed by atoms with Crippen molar-refractivity contribution in [2.45, 2.75) is 128 Å². The summed E-state index contributed by atoms with van der Waals surface area (Å²) < 4.78 is 23.1. The highest BCUT2D eigenvalue weighted by Crippen LogP contribution is 2.43. The molecule has 6 atom stereocenters. The van der Waals surface area contributed by atoms with E-state index in [0.717, 1.165) is 38.5 Å². The van der Waals surface area contributed by atoms with Crippen molar-refractivity contribution < 1.29 is 38.4 Å². The molecule has 14 nitrogen and oxygen atoms in total. The van der Waals surface area contributed by atoms with Gasteiger partial charge in [-0.05, 0) is 51.9 Å². The van der Waals surface area contributed by atoms with Crippen LogP contribution in [-0.2, 0) is 33.3 Å². The predicted molar refractivity (Wildman–Crippen MR) is 167 cm³/mol. The van der Waals surface area contributed by atoms with Gasteiger partial charge >= 0.3 is 11.9 Å². The van der Waals surface area contributed by atoms with Crippen LogP contribution in [0.3, 0.4) is 0 Å². The van der Waals surface area contributed by atoms with Crippen LogP contribution < -0.4 is 11.1 Å². The molecule has 4 N–H and O–H groups in total. The molecule has 1 unspecified atom stereocenters. The van der Waals surface area contributed by atoms with Crippen LogP contribution in [-0.4, -0.2) is 94.9 Å². The zero-order valence-corrected chi connectivity index (χ0v) is 27.4. The number of nitrogens with one attached hydrogen (secondary N) is 1. The number of hydrogen-bond acceptors (Lipinski definition) is 13. The standard InChI is InChI=1S/C32H48N6O8/c1-6-44-31(4,5)30(42)37-28-21-13-14-23(38(21)36-18-35-28)32(17-33)27(40)26(45-29(41)25(34)19(2)3)22(46-32)16-43-24(39)15-20-11-9-7-8-10-12-20/h13,18-20,22-23,25-27,40H,6-12,14-16,34H2,1-5H3,(H,35,36,37,42)/t22-,23?,25+,26-,27-,32+/m1/s1. The topological polar surface area (TPSA) is 198 Å². The number of aliphatic hydroxyl groups excluding tert-OH is 1. The number of nitriles is 1. The molecule has 4 aliphatic rings. The van der Waals surface area contributed by atoms with Gasteiger partial charge in [0.1, 0.15) is 48.9 Å². The molecule has 1 amide bonds. The Hall–Kier alpha value is -3.38. The first-order valence-corrected chi connectivity index (χ1v) is 16.3. The Morgan fingerprint density at radius 1 is 1.26 bits per heavy atom. The Morgan fingerprint density at radius 2 is 1.96 bits per heavy atom. The molecule has 14 heteroatoms. The van der Waals surface area contributed by atoms with E-state index in [0.29, 0.717) is 12.3 Å². The molecule has 0 aromatic carbocycles. The normalized spacial score (nSPS) is 28.9. The molecular weight excluding hydrogens is 596 g/mol. The van der Waals surface area contributed by atoms with Crippen molar-refractivity contribution in [3.63, 3.8) is 0 Å². The van der Waals surface area contributed by atoms with Crippen LogP contribution in [0.2, 0.25) is 0 Å². The van der Waals surface area contributed by atoms with Crippen LogP contribution in [0.25, 0.3) is 0 Å². The molecule has 0 aromatic rings. The van der Waals surface area contributed by atoms with Crippen molar-refractivity contribution in [3.8, 4) is 6.07 Å². The average molecular weight is 645 g/mol. The summed E-state index contributed by atoms with van der Waals surface area (Å²) in [6, 6.07) is 0.215. The van der Waals surface area contributed by atoms with Gasteiger partial charge in [0, 0.05) is 13.0 Å². The maximum atomic E-state index is 13.0. The number of fused-ring (bicyclic) bond motifs is 1. The number of aliphatic imine (C=N–C) groups is 1. The van der Waals surface area contributed by atoms with Gasteiger partial charge in [0.2, 0.25) is 5.60 Å². The fourth-order valence-corrected chi connectivity index (χ4v) is 6.34. The molecule has 254 valence electrons. The van der Waals surface area contributed by atoms with Crippen LogP contribution in [0.5, 0.6) is 0 Å². The number of esters is 2. The zero-order valence-electron chi connectivity index (χ0n) is 27.4. The number of nitrogens with zero attached hydrogens (tertiary/aromatic N) is 4. The molecule has 0 bridgehead atoms. The van der Waals surface area contributed by atoms with Crippen molar-refractivity contribution in [1.82, 2.24) is 10.3 Å². The van der Waals surface area contributed by atoms with Gasteiger partial charge in [-0.15, -0.1) is 0 Å². The zero-order chi connectivity index (χ0) is 33.6. The second-order valence-electron chi connectivity index (χ2n) is 13.2. The molecule has 1 saturated carbocycles. The summed E-state index contributed by atoms with van der Waals surface area (Å²) in [5, 5.41) is 30.8. The minimum absolute atomic E-state index is 0.168. The van der Waals surface area contributed by atoms with E-state index in [9.17, 15) is 24.8 Å². The number of amides is 1. The molecule has 4 rings (SSSR count). The van der Waals surface area contributed by atoms with Crippen LogP contribution in [0.1, 0.15) is 86.0 Å². The van der Waals surface area contributed by atoms with Crippen molar-refractivity contribution >= 4 is 30.0 Å². The van der Waals surface area contributed by atoms with Crippen LogP contribution in [0, 0.1) is 23.2 Å². The summed E-state index contributed by atoms with van der Waals surface area (Å²) in [4.78, 5) is 43.0. The van der Waals surface area contributed by atoms with Gasteiger partial charge in [0.15, 0.2) is 11.9 Å². The van der Waals surface area contributed by atoms with Crippen LogP contribution >= 0.6 is 0 Å². The molecule has 46 heavy (non-hydrogen) atoms. The lowest BCUT2D eigenvalue weighted by Crippen LogP contribution is -2.57. The lowest BCUT2D eigenvalue weighted by Gasteiger charge is -2.37. The number of hydrazone groups is 1. The molecule has 3 aliphatic heterocycles. The monoisotopic (exact) mass is 644 g/mol. The molecule has 1 aliphatic carbocycles. The number of carbonyl (C=O) groups excluding carboxylic acids is 3. The summed E-state index contributed by atoms with van der Waals surface area (Å²) in [6.07, 6.45) is 5.57. The number of ether oxygens (including phenoxy) is 4. The van der Waals surface area contributed by atoms with E-state index < -0.39 is 59.4 Å². The van der Waals surface area contributed by atoms with Crippen LogP contribution in [0.15, 0.2) is 21.9 Å². The molecular formula is C32H48N6O8. The third kappa shape index (κ3) is 7.60. The Bertz CT molecular complexity index is 1270. The fraction of sp³-hybridized carbons (Fsp3) is 0.750. The quantitative estimate of drug-likeness (QED) is 0.220. The SMILES string of the molecule is CCOC(C)(C)C(=O)NC1=NC=NN2C1=CCC2[C@]1(C#N)O[C@H](COC(=O)CC2CCCCCC2)[C@@H](OC(=O)[C@@H](N)C(C)C)[C@H]1O. The summed E-state index contributed by atoms with van der Waals surface area (Å²) in [5.41, 5.74) is 3.33. The van der Waals surface area contributed by atoms with Gasteiger partial charge in [0.05, 0.1) is 5.70 Å². The van der Waals surface area contributed by atoms with Crippen LogP contribution in [0.4, 0.5) is 0 Å². The second-order valence-corrected chi connectivity index (χ2v) is 13.2. The van der Waals surface area contributed by atoms with E-state index in [1.807, 2.05) is 0 Å². The van der Waals surface area contributed by atoms with E-state index in [1.165, 1.54) is 11.3 Å². The number of hydrogen-bond donors (Lipinski definition) is 3. The highest BCUT2D eigenvalue weighted by molar-refractivity contribution is 6.12. The number of carbonyl (C=O) groups is 3. The minimum atomic E-state index is -1.97. The summed E-state index contributed by atoms with van der Waals surface area (Å²) in [6.45, 7) is 8.56. The van der Waals surface area contributed by atoms with Crippen molar-refractivity contribution in [3.05, 3.63) is 11.8 Å². The highest BCUT2D eigenvalue weighted by Gasteiger charge is 2.64. The summed E-state index contributed by atoms with van der Waals surface area (Å²) in [5.74, 6) is -1.46. The van der Waals surface area contributed by atoms with Gasteiger partial charge in [-0.25, -0.2) is 4.99 Å². The van der Waals surface area contributed by atoms with Crippen molar-refractivity contribution in [2.75, 3.05) is 13.2 Å². The lowest BCUT2D eigenvalue weighted by atomic mass is 9.87.